The quantitative estimate of drug-likeness (QED) is 0.777. The van der Waals surface area contributed by atoms with Crippen molar-refractivity contribution >= 4 is 11.7 Å². The van der Waals surface area contributed by atoms with Crippen molar-refractivity contribution in [3.63, 3.8) is 0 Å². The molecule has 7 nitrogen and oxygen atoms in total. The smallest absolute Gasteiger partial charge is 0.257 e. The lowest BCUT2D eigenvalue weighted by atomic mass is 9.67. The maximum absolute atomic E-state index is 13.8. The Bertz CT molecular complexity index is 1150. The number of nitrogens with one attached hydrogen (secondary N) is 1. The first-order valence-corrected chi connectivity index (χ1v) is 9.95. The van der Waals surface area contributed by atoms with Gasteiger partial charge in [-0.05, 0) is 32.8 Å². The summed E-state index contributed by atoms with van der Waals surface area (Å²) in [6.45, 7) is 3.86. The summed E-state index contributed by atoms with van der Waals surface area (Å²) in [6, 6.07) is 2.93. The van der Waals surface area contributed by atoms with Crippen LogP contribution in [0.25, 0.3) is 0 Å². The van der Waals surface area contributed by atoms with Gasteiger partial charge in [-0.25, -0.2) is 8.78 Å². The van der Waals surface area contributed by atoms with Crippen molar-refractivity contribution in [2.24, 2.45) is 5.41 Å². The van der Waals surface area contributed by atoms with Gasteiger partial charge in [0.1, 0.15) is 22.9 Å². The van der Waals surface area contributed by atoms with Gasteiger partial charge in [-0.15, -0.1) is 0 Å². The molecular weight excluding hydrogens is 410 g/mol. The number of carbonyl (C=O) groups excluding carboxylic acids is 2. The molecule has 0 radical (unpaired) electrons. The molecule has 0 saturated carbocycles. The molecule has 1 atom stereocenters. The zero-order valence-corrected chi connectivity index (χ0v) is 17.1. The van der Waals surface area contributed by atoms with Gasteiger partial charge in [0.25, 0.3) is 5.91 Å². The van der Waals surface area contributed by atoms with Crippen molar-refractivity contribution in [3.05, 3.63) is 63.1 Å². The maximum Gasteiger partial charge on any atom is 0.257 e. The SMILES string of the molecule is CC1(C)C(=O)c2c(O)c(=O)c(C(=O)NCc3ccc(F)cc3F)cn2CC12CCCO2. The highest BCUT2D eigenvalue weighted by Crippen LogP contribution is 2.48. The summed E-state index contributed by atoms with van der Waals surface area (Å²) in [5.74, 6) is -3.67. The van der Waals surface area contributed by atoms with Crippen molar-refractivity contribution in [1.29, 1.82) is 0 Å². The van der Waals surface area contributed by atoms with Gasteiger partial charge in [-0.3, -0.25) is 14.4 Å². The molecule has 1 amide bonds. The lowest BCUT2D eigenvalue weighted by Gasteiger charge is -2.46. The second-order valence-electron chi connectivity index (χ2n) is 8.52. The number of benzene rings is 1. The van der Waals surface area contributed by atoms with E-state index in [1.165, 1.54) is 16.8 Å². The number of carbonyl (C=O) groups is 2. The number of Topliss-reactive ketones (excluding diaryl/α,β-unsaturated/α-hetero) is 1. The molecule has 2 aliphatic rings. The van der Waals surface area contributed by atoms with E-state index < -0.39 is 45.5 Å². The fourth-order valence-corrected chi connectivity index (χ4v) is 4.40. The third-order valence-electron chi connectivity index (χ3n) is 6.41. The molecule has 1 saturated heterocycles. The summed E-state index contributed by atoms with van der Waals surface area (Å²) in [5, 5.41) is 12.9. The summed E-state index contributed by atoms with van der Waals surface area (Å²) < 4.78 is 34.2. The minimum atomic E-state index is -0.990. The van der Waals surface area contributed by atoms with Gasteiger partial charge in [0, 0.05) is 31.0 Å². The summed E-state index contributed by atoms with van der Waals surface area (Å²) in [5.41, 5.74) is -3.26. The highest BCUT2D eigenvalue weighted by Gasteiger charge is 2.57. The largest absolute Gasteiger partial charge is 0.503 e. The molecule has 1 aromatic heterocycles. The number of halogens is 2. The number of ether oxygens (including phenoxy) is 1. The minimum absolute atomic E-state index is 0.0345. The number of fused-ring (bicyclic) bond motifs is 1. The van der Waals surface area contributed by atoms with E-state index in [0.29, 0.717) is 19.1 Å². The molecule has 164 valence electrons. The fraction of sp³-hybridized carbons (Fsp3) is 0.409. The third-order valence-corrected chi connectivity index (χ3v) is 6.41. The second kappa shape index (κ2) is 7.26. The number of hydrogen-bond acceptors (Lipinski definition) is 5. The van der Waals surface area contributed by atoms with Gasteiger partial charge in [0.15, 0.2) is 11.5 Å². The molecule has 2 N–H and O–H groups in total. The molecule has 2 aromatic rings. The maximum atomic E-state index is 13.8. The molecule has 2 aliphatic heterocycles. The number of hydrogen-bond donors (Lipinski definition) is 2. The van der Waals surface area contributed by atoms with Crippen LogP contribution in [0, 0.1) is 17.0 Å². The predicted molar refractivity (Wildman–Crippen MR) is 106 cm³/mol. The molecule has 4 rings (SSSR count). The van der Waals surface area contributed by atoms with Crippen LogP contribution in [0.2, 0.25) is 0 Å². The second-order valence-corrected chi connectivity index (χ2v) is 8.52. The van der Waals surface area contributed by atoms with Gasteiger partial charge >= 0.3 is 0 Å². The number of amides is 1. The first kappa shape index (κ1) is 21.2. The zero-order valence-electron chi connectivity index (χ0n) is 17.1. The first-order valence-electron chi connectivity index (χ1n) is 9.95. The van der Waals surface area contributed by atoms with Crippen molar-refractivity contribution in [2.75, 3.05) is 6.61 Å². The van der Waals surface area contributed by atoms with Gasteiger partial charge in [0.2, 0.25) is 5.43 Å². The van der Waals surface area contributed by atoms with E-state index in [1.807, 2.05) is 0 Å². The third kappa shape index (κ3) is 3.23. The highest BCUT2D eigenvalue weighted by molar-refractivity contribution is 6.03. The monoisotopic (exact) mass is 432 g/mol. The average Bonchev–Trinajstić information content (AvgIpc) is 3.18. The van der Waals surface area contributed by atoms with Crippen LogP contribution >= 0.6 is 0 Å². The Balaban J connectivity index is 1.68. The van der Waals surface area contributed by atoms with Gasteiger partial charge < -0.3 is 19.7 Å². The number of ketones is 1. The van der Waals surface area contributed by atoms with E-state index in [2.05, 4.69) is 5.32 Å². The lowest BCUT2D eigenvalue weighted by Crippen LogP contribution is -2.56. The minimum Gasteiger partial charge on any atom is -0.503 e. The Morgan fingerprint density at radius 3 is 2.68 bits per heavy atom. The lowest BCUT2D eigenvalue weighted by molar-refractivity contribution is -0.0877. The fourth-order valence-electron chi connectivity index (χ4n) is 4.40. The molecule has 1 fully saturated rings. The van der Waals surface area contributed by atoms with E-state index in [9.17, 15) is 28.3 Å². The van der Waals surface area contributed by atoms with Gasteiger partial charge in [0.05, 0.1) is 17.6 Å². The molecule has 1 spiro atoms. The molecule has 3 heterocycles. The van der Waals surface area contributed by atoms with E-state index in [0.717, 1.165) is 12.5 Å². The van der Waals surface area contributed by atoms with Crippen LogP contribution in [0.15, 0.2) is 29.2 Å². The van der Waals surface area contributed by atoms with Crippen LogP contribution in [-0.4, -0.2) is 33.6 Å². The highest BCUT2D eigenvalue weighted by atomic mass is 19.1. The summed E-state index contributed by atoms with van der Waals surface area (Å²) in [6.07, 6.45) is 2.63. The predicted octanol–water partition coefficient (Wildman–Crippen LogP) is 2.53. The van der Waals surface area contributed by atoms with Crippen molar-refractivity contribution in [1.82, 2.24) is 9.88 Å². The van der Waals surface area contributed by atoms with Crippen LogP contribution in [0.3, 0.4) is 0 Å². The normalized spacial score (nSPS) is 21.9. The molecule has 0 bridgehead atoms. The Labute approximate surface area is 176 Å². The van der Waals surface area contributed by atoms with Gasteiger partial charge in [-0.2, -0.15) is 0 Å². The van der Waals surface area contributed by atoms with Crippen molar-refractivity contribution in [3.8, 4) is 5.75 Å². The topological polar surface area (TPSA) is 97.6 Å². The molecule has 0 aliphatic carbocycles. The Hall–Kier alpha value is -3.07. The number of nitrogens with zero attached hydrogens (tertiary/aromatic N) is 1. The van der Waals surface area contributed by atoms with E-state index in [-0.39, 0.29) is 29.9 Å². The standard InChI is InChI=1S/C22H22F2N2O5/c1-21(2)19(29)16-18(28)17(27)14(10-26(16)11-22(21)6-3-7-31-22)20(30)25-9-12-4-5-13(23)8-15(12)24/h4-5,8,10,28H,3,6-7,9,11H2,1-2H3,(H,25,30). The molecule has 1 aromatic carbocycles. The van der Waals surface area contributed by atoms with Crippen LogP contribution in [0.5, 0.6) is 5.75 Å². The summed E-state index contributed by atoms with van der Waals surface area (Å²) >= 11 is 0. The van der Waals surface area contributed by atoms with E-state index in [1.54, 1.807) is 13.8 Å². The molecule has 9 heteroatoms. The van der Waals surface area contributed by atoms with Crippen LogP contribution in [0.1, 0.15) is 53.1 Å². The number of aromatic hydroxyl groups is 1. The molecular formula is C22H22F2N2O5. The molecule has 1 unspecified atom stereocenters. The van der Waals surface area contributed by atoms with Crippen molar-refractivity contribution in [2.45, 2.75) is 45.4 Å². The average molecular weight is 432 g/mol. The number of aromatic nitrogens is 1. The zero-order chi connectivity index (χ0) is 22.6. The summed E-state index contributed by atoms with van der Waals surface area (Å²) in [4.78, 5) is 38.4. The Morgan fingerprint density at radius 1 is 1.29 bits per heavy atom. The van der Waals surface area contributed by atoms with E-state index in [4.69, 9.17) is 4.74 Å². The Morgan fingerprint density at radius 2 is 2.03 bits per heavy atom. The van der Waals surface area contributed by atoms with Crippen LogP contribution in [0.4, 0.5) is 8.78 Å². The van der Waals surface area contributed by atoms with Crippen LogP contribution in [-0.2, 0) is 17.8 Å². The van der Waals surface area contributed by atoms with E-state index >= 15 is 0 Å². The molecule has 31 heavy (non-hydrogen) atoms. The van der Waals surface area contributed by atoms with Gasteiger partial charge in [-0.1, -0.05) is 6.07 Å². The Kier molecular flexibility index (Phi) is 4.96. The first-order chi connectivity index (χ1) is 14.6. The number of pyridine rings is 1. The number of rotatable bonds is 3. The summed E-state index contributed by atoms with van der Waals surface area (Å²) in [7, 11) is 0. The van der Waals surface area contributed by atoms with Crippen LogP contribution < -0.4 is 10.7 Å². The van der Waals surface area contributed by atoms with Crippen molar-refractivity contribution < 1.29 is 28.2 Å².